The van der Waals surface area contributed by atoms with Crippen LogP contribution in [0.3, 0.4) is 0 Å². The zero-order valence-electron chi connectivity index (χ0n) is 16.9. The van der Waals surface area contributed by atoms with E-state index in [4.69, 9.17) is 5.73 Å². The fraction of sp³-hybridized carbons (Fsp3) is 0.154. The van der Waals surface area contributed by atoms with E-state index in [0.29, 0.717) is 17.2 Å². The van der Waals surface area contributed by atoms with Crippen molar-refractivity contribution in [3.05, 3.63) is 105 Å². The fourth-order valence-corrected chi connectivity index (χ4v) is 4.44. The molecule has 31 heavy (non-hydrogen) atoms. The van der Waals surface area contributed by atoms with Gasteiger partial charge in [-0.3, -0.25) is 9.59 Å². The number of pyridine rings is 1. The lowest BCUT2D eigenvalue weighted by Crippen LogP contribution is -2.22. The molecule has 1 aliphatic carbocycles. The maximum atomic E-state index is 12.1. The summed E-state index contributed by atoms with van der Waals surface area (Å²) in [6, 6.07) is 21.4. The summed E-state index contributed by atoms with van der Waals surface area (Å²) in [6.07, 6.45) is 4.28. The Kier molecular flexibility index (Phi) is 4.59. The van der Waals surface area contributed by atoms with Crippen molar-refractivity contribution < 1.29 is 9.90 Å². The van der Waals surface area contributed by atoms with Gasteiger partial charge in [-0.1, -0.05) is 54.6 Å². The molecule has 2 aromatic carbocycles. The number of aliphatic hydroxyl groups excluding tert-OH is 1. The molecule has 154 valence electrons. The number of nitrogens with two attached hydrogens (primary N) is 1. The molecule has 0 radical (unpaired) electrons. The summed E-state index contributed by atoms with van der Waals surface area (Å²) in [5.74, 6) is -1.13. The van der Waals surface area contributed by atoms with Crippen LogP contribution in [0.2, 0.25) is 0 Å². The highest BCUT2D eigenvalue weighted by Gasteiger charge is 2.32. The molecule has 1 aliphatic rings. The molecule has 2 aromatic heterocycles. The average Bonchev–Trinajstić information content (AvgIpc) is 3.57. The zero-order valence-corrected chi connectivity index (χ0v) is 16.9. The highest BCUT2D eigenvalue weighted by molar-refractivity contribution is 6.09. The van der Waals surface area contributed by atoms with Crippen molar-refractivity contribution >= 4 is 17.2 Å². The average molecular weight is 410 g/mol. The number of primary amides is 1. The third-order valence-corrected chi connectivity index (χ3v) is 5.97. The number of hydrogen-bond donors (Lipinski definition) is 2. The number of benzene rings is 2. The normalized spacial score (nSPS) is 14.6. The summed E-state index contributed by atoms with van der Waals surface area (Å²) in [5.41, 5.74) is 11.1. The molecule has 5 nitrogen and oxygen atoms in total. The lowest BCUT2D eigenvalue weighted by Gasteiger charge is -2.12. The number of rotatable bonds is 5. The lowest BCUT2D eigenvalue weighted by molar-refractivity contribution is -0.114. The molecule has 0 atom stereocenters. The van der Waals surface area contributed by atoms with Crippen LogP contribution in [0.1, 0.15) is 35.6 Å². The minimum atomic E-state index is -0.887. The molecule has 2 heterocycles. The fourth-order valence-electron chi connectivity index (χ4n) is 4.44. The second kappa shape index (κ2) is 7.43. The van der Waals surface area contributed by atoms with Crippen LogP contribution in [-0.2, 0) is 11.2 Å². The van der Waals surface area contributed by atoms with Crippen LogP contribution >= 0.6 is 0 Å². The van der Waals surface area contributed by atoms with Crippen LogP contribution in [0.25, 0.3) is 22.4 Å². The Balaban J connectivity index is 1.79. The highest BCUT2D eigenvalue weighted by atomic mass is 16.3. The first-order chi connectivity index (χ1) is 15.0. The molecule has 0 saturated heterocycles. The van der Waals surface area contributed by atoms with Gasteiger partial charge in [-0.05, 0) is 41.0 Å². The van der Waals surface area contributed by atoms with E-state index >= 15 is 0 Å². The quantitative estimate of drug-likeness (QED) is 0.529. The highest BCUT2D eigenvalue weighted by Crippen LogP contribution is 2.42. The van der Waals surface area contributed by atoms with Crippen molar-refractivity contribution in [1.82, 2.24) is 4.40 Å². The van der Waals surface area contributed by atoms with Gasteiger partial charge in [-0.25, -0.2) is 0 Å². The Bertz CT molecular complexity index is 1420. The Hall–Kier alpha value is -3.86. The van der Waals surface area contributed by atoms with E-state index < -0.39 is 11.7 Å². The zero-order chi connectivity index (χ0) is 21.5. The van der Waals surface area contributed by atoms with Gasteiger partial charge in [-0.15, -0.1) is 0 Å². The number of aromatic nitrogens is 1. The van der Waals surface area contributed by atoms with E-state index in [2.05, 4.69) is 24.3 Å². The van der Waals surface area contributed by atoms with Gasteiger partial charge in [0.2, 0.25) is 0 Å². The second-order valence-electron chi connectivity index (χ2n) is 8.04. The van der Waals surface area contributed by atoms with Crippen LogP contribution in [0, 0.1) is 0 Å². The predicted molar refractivity (Wildman–Crippen MR) is 121 cm³/mol. The molecule has 0 aliphatic heterocycles. The van der Waals surface area contributed by atoms with Gasteiger partial charge in [0.05, 0.1) is 10.7 Å². The van der Waals surface area contributed by atoms with Crippen LogP contribution in [0.4, 0.5) is 0 Å². The van der Waals surface area contributed by atoms with E-state index in [-0.39, 0.29) is 11.3 Å². The molecule has 1 saturated carbocycles. The molecule has 4 aromatic rings. The third kappa shape index (κ3) is 3.38. The van der Waals surface area contributed by atoms with Gasteiger partial charge in [0.1, 0.15) is 0 Å². The topological polar surface area (TPSA) is 84.8 Å². The van der Waals surface area contributed by atoms with Gasteiger partial charge in [0.15, 0.2) is 11.2 Å². The summed E-state index contributed by atoms with van der Waals surface area (Å²) in [5, 5.41) is 11.0. The van der Waals surface area contributed by atoms with Crippen LogP contribution < -0.4 is 16.4 Å². The first kappa shape index (κ1) is 19.1. The van der Waals surface area contributed by atoms with Crippen molar-refractivity contribution in [3.63, 3.8) is 0 Å². The van der Waals surface area contributed by atoms with E-state index in [0.717, 1.165) is 40.8 Å². The molecule has 5 rings (SSSR count). The van der Waals surface area contributed by atoms with Gasteiger partial charge in [-0.2, -0.15) is 0 Å². The Labute approximate surface area is 179 Å². The molecule has 0 bridgehead atoms. The van der Waals surface area contributed by atoms with E-state index in [1.807, 2.05) is 34.7 Å². The maximum absolute atomic E-state index is 12.1. The Morgan fingerprint density at radius 2 is 1.74 bits per heavy atom. The summed E-state index contributed by atoms with van der Waals surface area (Å²) in [6.45, 7) is 0. The smallest absolute Gasteiger partial charge is 0.284 e. The number of fused-ring (bicyclic) bond motifs is 1. The molecule has 1 amide bonds. The maximum Gasteiger partial charge on any atom is 0.284 e. The van der Waals surface area contributed by atoms with Crippen LogP contribution in [0.5, 0.6) is 0 Å². The molecular formula is C26H22N2O3. The van der Waals surface area contributed by atoms with Crippen molar-refractivity contribution in [1.29, 1.82) is 0 Å². The van der Waals surface area contributed by atoms with Gasteiger partial charge in [0, 0.05) is 30.4 Å². The Morgan fingerprint density at radius 3 is 2.45 bits per heavy atom. The monoisotopic (exact) mass is 410 g/mol. The molecule has 0 unspecified atom stereocenters. The number of aliphatic hydroxyl groups is 1. The first-order valence-corrected chi connectivity index (χ1v) is 10.4. The molecule has 1 fully saturated rings. The largest absolute Gasteiger partial charge is 0.503 e. The summed E-state index contributed by atoms with van der Waals surface area (Å²) >= 11 is 0. The minimum absolute atomic E-state index is 0.179. The molecule has 3 N–H and O–H groups in total. The van der Waals surface area contributed by atoms with Crippen molar-refractivity contribution in [3.8, 4) is 11.1 Å². The Morgan fingerprint density at radius 1 is 1.03 bits per heavy atom. The molecule has 5 heteroatoms. The van der Waals surface area contributed by atoms with Crippen molar-refractivity contribution in [2.24, 2.45) is 5.73 Å². The van der Waals surface area contributed by atoms with Gasteiger partial charge in [0.25, 0.3) is 5.91 Å². The second-order valence-corrected chi connectivity index (χ2v) is 8.04. The standard InChI is InChI=1S/C26H22N2O3/c27-26(31)25(30)24-22-15-19(29)12-13-28(22)21(23(24)17-10-11-17)14-18-8-4-5-9-20(18)16-6-2-1-3-7-16/h1-9,12-13,15,17,30H,10-11,14H2,(H2,27,31)/b25-24+. The minimum Gasteiger partial charge on any atom is -0.503 e. The first-order valence-electron chi connectivity index (χ1n) is 10.4. The van der Waals surface area contributed by atoms with Gasteiger partial charge >= 0.3 is 0 Å². The number of nitrogens with zero attached hydrogens (tertiary/aromatic N) is 1. The SMILES string of the molecule is NC(=O)/C(O)=c1\c(C2CC2)c(Cc2ccccc2-c2ccccc2)n2ccc(=O)cc12. The third-order valence-electron chi connectivity index (χ3n) is 5.97. The lowest BCUT2D eigenvalue weighted by atomic mass is 9.94. The molecule has 0 spiro atoms. The molecular weight excluding hydrogens is 388 g/mol. The number of hydrogen-bond acceptors (Lipinski definition) is 3. The summed E-state index contributed by atoms with van der Waals surface area (Å²) < 4.78 is 1.92. The van der Waals surface area contributed by atoms with Gasteiger partial charge < -0.3 is 15.2 Å². The van der Waals surface area contributed by atoms with E-state index in [9.17, 15) is 14.7 Å². The summed E-state index contributed by atoms with van der Waals surface area (Å²) in [7, 11) is 0. The predicted octanol–water partition coefficient (Wildman–Crippen LogP) is 3.31. The van der Waals surface area contributed by atoms with E-state index in [1.165, 1.54) is 12.1 Å². The number of carbonyl (C=O) groups excluding carboxylic acids is 1. The number of amides is 1. The van der Waals surface area contributed by atoms with Crippen LogP contribution in [-0.4, -0.2) is 15.4 Å². The number of carbonyl (C=O) groups is 1. The summed E-state index contributed by atoms with van der Waals surface area (Å²) in [4.78, 5) is 24.0. The van der Waals surface area contributed by atoms with Crippen molar-refractivity contribution in [2.75, 3.05) is 0 Å². The van der Waals surface area contributed by atoms with E-state index in [1.54, 1.807) is 6.20 Å². The van der Waals surface area contributed by atoms with Crippen LogP contribution in [0.15, 0.2) is 77.7 Å². The van der Waals surface area contributed by atoms with Crippen molar-refractivity contribution in [2.45, 2.75) is 25.2 Å².